The number of ether oxygens (including phenoxy) is 1. The van der Waals surface area contributed by atoms with Gasteiger partial charge in [0, 0.05) is 11.6 Å². The van der Waals surface area contributed by atoms with Crippen LogP contribution in [0.4, 0.5) is 0 Å². The van der Waals surface area contributed by atoms with Crippen molar-refractivity contribution in [2.24, 2.45) is 0 Å². The van der Waals surface area contributed by atoms with Crippen molar-refractivity contribution in [2.75, 3.05) is 7.11 Å². The van der Waals surface area contributed by atoms with E-state index in [9.17, 15) is 4.79 Å². The Hall–Kier alpha value is -1.77. The summed E-state index contributed by atoms with van der Waals surface area (Å²) >= 11 is 0. The molecule has 17 heavy (non-hydrogen) atoms. The number of aliphatic carboxylic acids is 1. The predicted molar refractivity (Wildman–Crippen MR) is 68.4 cm³/mol. The molecular formula is C14H18O3. The van der Waals surface area contributed by atoms with Crippen molar-refractivity contribution < 1.29 is 14.6 Å². The molecule has 0 spiro atoms. The van der Waals surface area contributed by atoms with Gasteiger partial charge in [0.05, 0.1) is 7.11 Å². The molecule has 92 valence electrons. The van der Waals surface area contributed by atoms with E-state index in [4.69, 9.17) is 9.84 Å². The highest BCUT2D eigenvalue weighted by Crippen LogP contribution is 2.29. The van der Waals surface area contributed by atoms with Crippen LogP contribution in [0, 0.1) is 0 Å². The summed E-state index contributed by atoms with van der Waals surface area (Å²) in [6.45, 7) is 6.36. The molecular weight excluding hydrogens is 216 g/mol. The summed E-state index contributed by atoms with van der Waals surface area (Å²) < 4.78 is 5.27. The third-order valence-electron chi connectivity index (χ3n) is 2.50. The molecule has 0 heterocycles. The van der Waals surface area contributed by atoms with Crippen LogP contribution in [0.2, 0.25) is 0 Å². The van der Waals surface area contributed by atoms with Gasteiger partial charge in [0.1, 0.15) is 5.75 Å². The fraction of sp³-hybridized carbons (Fsp3) is 0.357. The largest absolute Gasteiger partial charge is 0.496 e. The van der Waals surface area contributed by atoms with Crippen molar-refractivity contribution in [1.29, 1.82) is 0 Å². The summed E-state index contributed by atoms with van der Waals surface area (Å²) in [6.07, 6.45) is 2.64. The smallest absolute Gasteiger partial charge is 0.328 e. The first-order valence-electron chi connectivity index (χ1n) is 5.44. The SMILES string of the molecule is COc1cc(C(C)(C)C)ccc1/C=C/C(=O)O. The first kappa shape index (κ1) is 13.3. The zero-order valence-corrected chi connectivity index (χ0v) is 10.7. The molecule has 0 radical (unpaired) electrons. The molecule has 3 heteroatoms. The molecule has 0 aliphatic heterocycles. The molecule has 0 aliphatic rings. The van der Waals surface area contributed by atoms with Crippen LogP contribution < -0.4 is 4.74 Å². The molecule has 1 aromatic carbocycles. The van der Waals surface area contributed by atoms with Gasteiger partial charge >= 0.3 is 5.97 Å². The minimum Gasteiger partial charge on any atom is -0.496 e. The van der Waals surface area contributed by atoms with Crippen molar-refractivity contribution >= 4 is 12.0 Å². The fourth-order valence-electron chi connectivity index (χ4n) is 1.48. The van der Waals surface area contributed by atoms with Crippen molar-refractivity contribution in [3.8, 4) is 5.75 Å². The lowest BCUT2D eigenvalue weighted by molar-refractivity contribution is -0.131. The molecule has 0 fully saturated rings. The van der Waals surface area contributed by atoms with Gasteiger partial charge < -0.3 is 9.84 Å². The van der Waals surface area contributed by atoms with Gasteiger partial charge in [-0.15, -0.1) is 0 Å². The number of carbonyl (C=O) groups is 1. The minimum absolute atomic E-state index is 0.0440. The van der Waals surface area contributed by atoms with E-state index in [0.29, 0.717) is 5.75 Å². The van der Waals surface area contributed by atoms with Crippen molar-refractivity contribution in [3.05, 3.63) is 35.4 Å². The number of carboxylic acids is 1. The van der Waals surface area contributed by atoms with Crippen LogP contribution in [0.5, 0.6) is 5.75 Å². The minimum atomic E-state index is -0.966. The van der Waals surface area contributed by atoms with Gasteiger partial charge in [0.2, 0.25) is 0 Å². The number of rotatable bonds is 3. The van der Waals surface area contributed by atoms with Crippen molar-refractivity contribution in [3.63, 3.8) is 0 Å². The van der Waals surface area contributed by atoms with Crippen LogP contribution in [0.1, 0.15) is 31.9 Å². The second-order valence-electron chi connectivity index (χ2n) is 4.88. The van der Waals surface area contributed by atoms with Crippen LogP contribution in [0.3, 0.4) is 0 Å². The molecule has 1 N–H and O–H groups in total. The van der Waals surface area contributed by atoms with Crippen molar-refractivity contribution in [2.45, 2.75) is 26.2 Å². The monoisotopic (exact) mass is 234 g/mol. The Morgan fingerprint density at radius 1 is 1.35 bits per heavy atom. The van der Waals surface area contributed by atoms with Gasteiger partial charge in [-0.05, 0) is 23.1 Å². The van der Waals surface area contributed by atoms with E-state index in [2.05, 4.69) is 20.8 Å². The number of carboxylic acid groups (broad SMARTS) is 1. The third-order valence-corrected chi connectivity index (χ3v) is 2.50. The fourth-order valence-corrected chi connectivity index (χ4v) is 1.48. The standard InChI is InChI=1S/C14H18O3/c1-14(2,3)11-7-5-10(6-8-13(15)16)12(9-11)17-4/h5-9H,1-4H3,(H,15,16)/b8-6+. The summed E-state index contributed by atoms with van der Waals surface area (Å²) in [5.74, 6) is -0.276. The second kappa shape index (κ2) is 5.04. The Bertz CT molecular complexity index is 439. The summed E-state index contributed by atoms with van der Waals surface area (Å²) in [6, 6.07) is 5.81. The molecule has 0 bridgehead atoms. The van der Waals surface area contributed by atoms with E-state index < -0.39 is 5.97 Å². The number of hydrogen-bond donors (Lipinski definition) is 1. The Kier molecular flexibility index (Phi) is 3.94. The summed E-state index contributed by atoms with van der Waals surface area (Å²) in [4.78, 5) is 10.5. The molecule has 1 aromatic rings. The third kappa shape index (κ3) is 3.63. The maximum Gasteiger partial charge on any atom is 0.328 e. The molecule has 0 amide bonds. The van der Waals surface area contributed by atoms with E-state index in [1.807, 2.05) is 18.2 Å². The lowest BCUT2D eigenvalue weighted by Crippen LogP contribution is -2.11. The Morgan fingerprint density at radius 3 is 2.47 bits per heavy atom. The van der Waals surface area contributed by atoms with Crippen LogP contribution in [-0.2, 0) is 10.2 Å². The summed E-state index contributed by atoms with van der Waals surface area (Å²) in [5.41, 5.74) is 1.97. The number of benzene rings is 1. The number of methoxy groups -OCH3 is 1. The van der Waals surface area contributed by atoms with Crippen LogP contribution in [-0.4, -0.2) is 18.2 Å². The molecule has 0 saturated heterocycles. The molecule has 1 rings (SSSR count). The maximum absolute atomic E-state index is 10.5. The molecule has 3 nitrogen and oxygen atoms in total. The van der Waals surface area contributed by atoms with Crippen LogP contribution >= 0.6 is 0 Å². The van der Waals surface area contributed by atoms with E-state index in [1.54, 1.807) is 7.11 Å². The van der Waals surface area contributed by atoms with Gasteiger partial charge in [-0.1, -0.05) is 32.9 Å². The van der Waals surface area contributed by atoms with E-state index in [1.165, 1.54) is 6.08 Å². The Labute approximate surface area is 102 Å². The molecule has 0 aliphatic carbocycles. The highest BCUT2D eigenvalue weighted by atomic mass is 16.5. The van der Waals surface area contributed by atoms with Gasteiger partial charge in [0.15, 0.2) is 0 Å². The zero-order valence-electron chi connectivity index (χ0n) is 10.7. The van der Waals surface area contributed by atoms with Gasteiger partial charge in [-0.3, -0.25) is 0 Å². The average molecular weight is 234 g/mol. The first-order chi connectivity index (χ1) is 7.84. The quantitative estimate of drug-likeness (QED) is 0.817. The van der Waals surface area contributed by atoms with Crippen LogP contribution in [0.25, 0.3) is 6.08 Å². The number of hydrogen-bond acceptors (Lipinski definition) is 2. The molecule has 0 saturated carbocycles. The first-order valence-corrected chi connectivity index (χ1v) is 5.44. The van der Waals surface area contributed by atoms with Crippen molar-refractivity contribution in [1.82, 2.24) is 0 Å². The molecule has 0 aromatic heterocycles. The van der Waals surface area contributed by atoms with E-state index in [-0.39, 0.29) is 5.41 Å². The summed E-state index contributed by atoms with van der Waals surface area (Å²) in [7, 11) is 1.58. The normalized spacial score (nSPS) is 11.8. The topological polar surface area (TPSA) is 46.5 Å². The zero-order chi connectivity index (χ0) is 13.1. The Morgan fingerprint density at radius 2 is 2.00 bits per heavy atom. The lowest BCUT2D eigenvalue weighted by atomic mass is 9.86. The van der Waals surface area contributed by atoms with Gasteiger partial charge in [-0.2, -0.15) is 0 Å². The lowest BCUT2D eigenvalue weighted by Gasteiger charge is -2.20. The highest BCUT2D eigenvalue weighted by molar-refractivity contribution is 5.85. The van der Waals surface area contributed by atoms with Gasteiger partial charge in [-0.25, -0.2) is 4.79 Å². The van der Waals surface area contributed by atoms with Crippen LogP contribution in [0.15, 0.2) is 24.3 Å². The Balaban J connectivity index is 3.14. The van der Waals surface area contributed by atoms with Gasteiger partial charge in [0.25, 0.3) is 0 Å². The second-order valence-corrected chi connectivity index (χ2v) is 4.88. The van der Waals surface area contributed by atoms with E-state index in [0.717, 1.165) is 17.2 Å². The maximum atomic E-state index is 10.5. The molecule has 0 unspecified atom stereocenters. The van der Waals surface area contributed by atoms with E-state index >= 15 is 0 Å². The predicted octanol–water partition coefficient (Wildman–Crippen LogP) is 3.09. The highest BCUT2D eigenvalue weighted by Gasteiger charge is 2.15. The average Bonchev–Trinajstić information content (AvgIpc) is 2.24. The summed E-state index contributed by atoms with van der Waals surface area (Å²) in [5, 5.41) is 8.59. The molecule has 0 atom stereocenters.